The van der Waals surface area contributed by atoms with Crippen molar-refractivity contribution in [1.82, 2.24) is 10.2 Å². The normalized spacial score (nSPS) is 21.1. The molecule has 3 atom stereocenters. The molecule has 0 bridgehead atoms. The van der Waals surface area contributed by atoms with Crippen LogP contribution in [0.2, 0.25) is 0 Å². The van der Waals surface area contributed by atoms with E-state index in [1.54, 1.807) is 0 Å². The topological polar surface area (TPSA) is 136 Å². The van der Waals surface area contributed by atoms with E-state index < -0.39 is 34.3 Å². The predicted octanol–water partition coefficient (Wildman–Crippen LogP) is 2.18. The van der Waals surface area contributed by atoms with Crippen molar-refractivity contribution >= 4 is 52.4 Å². The number of benzene rings is 1. The van der Waals surface area contributed by atoms with Gasteiger partial charge in [0.2, 0.25) is 11.8 Å². The highest BCUT2D eigenvalue weighted by molar-refractivity contribution is 8.03. The molecule has 4 rings (SSSR count). The van der Waals surface area contributed by atoms with E-state index in [1.165, 1.54) is 64.6 Å². The summed E-state index contributed by atoms with van der Waals surface area (Å²) in [5.41, 5.74) is 0.553. The molecule has 12 heteroatoms. The van der Waals surface area contributed by atoms with Crippen LogP contribution >= 0.6 is 23.1 Å². The standard InChI is InChI=1S/C22H19N3O7S2/c1-12(26)16-11-34-21-18(23-17(27)9-15-3-2-8-33-15)20(28)24(21)19(16)22(29)32-10-13-4-6-14(7-5-13)25(30)31/h2-8,11,18-19,21H,9-10H2,1H3,(H,23,27)/t18?,19?,21-/m0/s1. The van der Waals surface area contributed by atoms with Crippen LogP contribution in [-0.2, 0) is 36.9 Å². The zero-order valence-corrected chi connectivity index (χ0v) is 19.5. The number of β-lactam (4-membered cyclic amide) rings is 1. The van der Waals surface area contributed by atoms with Crippen molar-refractivity contribution in [3.05, 3.63) is 73.3 Å². The molecule has 176 valence electrons. The van der Waals surface area contributed by atoms with Crippen LogP contribution in [0, 0.1) is 10.1 Å². The fourth-order valence-corrected chi connectivity index (χ4v) is 5.64. The number of carbonyl (C=O) groups is 4. The second kappa shape index (κ2) is 9.77. The Bertz CT molecular complexity index is 1180. The molecule has 1 fully saturated rings. The number of thioether (sulfide) groups is 1. The van der Waals surface area contributed by atoms with Crippen LogP contribution in [-0.4, -0.2) is 50.8 Å². The van der Waals surface area contributed by atoms with Gasteiger partial charge in [0.05, 0.1) is 11.3 Å². The minimum absolute atomic E-state index is 0.0950. The fraction of sp³-hybridized carbons (Fsp3) is 0.273. The summed E-state index contributed by atoms with van der Waals surface area (Å²) in [7, 11) is 0. The minimum atomic E-state index is -1.22. The highest BCUT2D eigenvalue weighted by Gasteiger charge is 2.56. The molecule has 0 saturated carbocycles. The van der Waals surface area contributed by atoms with Crippen molar-refractivity contribution in [2.45, 2.75) is 37.4 Å². The highest BCUT2D eigenvalue weighted by Crippen LogP contribution is 2.40. The Balaban J connectivity index is 1.43. The van der Waals surface area contributed by atoms with Crippen LogP contribution in [0.5, 0.6) is 0 Å². The molecule has 2 aromatic rings. The van der Waals surface area contributed by atoms with Gasteiger partial charge in [0.1, 0.15) is 18.0 Å². The summed E-state index contributed by atoms with van der Waals surface area (Å²) in [5, 5.41) is 16.3. The second-order valence-corrected chi connectivity index (χ2v) is 9.66. The maximum atomic E-state index is 12.9. The van der Waals surface area contributed by atoms with E-state index in [2.05, 4.69) is 5.32 Å². The second-order valence-electron chi connectivity index (χ2n) is 7.64. The van der Waals surface area contributed by atoms with Gasteiger partial charge in [-0.25, -0.2) is 4.79 Å². The number of hydrogen-bond acceptors (Lipinski definition) is 9. The summed E-state index contributed by atoms with van der Waals surface area (Å²) in [6.07, 6.45) is 0.147. The van der Waals surface area contributed by atoms with Gasteiger partial charge >= 0.3 is 5.97 Å². The third-order valence-electron chi connectivity index (χ3n) is 5.38. The SMILES string of the molecule is CC(=O)C1=CS[C@H]2C(NC(=O)Cc3cccs3)C(=O)N2C1C(=O)OCc1ccc([N+](=O)[O-])cc1. The van der Waals surface area contributed by atoms with Gasteiger partial charge in [0.25, 0.3) is 5.69 Å². The van der Waals surface area contributed by atoms with Gasteiger partial charge in [-0.2, -0.15) is 0 Å². The van der Waals surface area contributed by atoms with Gasteiger partial charge in [-0.15, -0.1) is 23.1 Å². The van der Waals surface area contributed by atoms with Gasteiger partial charge in [0, 0.05) is 22.6 Å². The lowest BCUT2D eigenvalue weighted by molar-refractivity contribution is -0.384. The monoisotopic (exact) mass is 501 g/mol. The first-order chi connectivity index (χ1) is 16.3. The average Bonchev–Trinajstić information content (AvgIpc) is 3.33. The third-order valence-corrected chi connectivity index (χ3v) is 7.42. The Morgan fingerprint density at radius 1 is 1.21 bits per heavy atom. The van der Waals surface area contributed by atoms with Gasteiger partial charge in [-0.3, -0.25) is 24.5 Å². The highest BCUT2D eigenvalue weighted by atomic mass is 32.2. The van der Waals surface area contributed by atoms with Crippen molar-refractivity contribution < 1.29 is 28.8 Å². The molecule has 0 spiro atoms. The predicted molar refractivity (Wildman–Crippen MR) is 124 cm³/mol. The number of fused-ring (bicyclic) bond motifs is 1. The summed E-state index contributed by atoms with van der Waals surface area (Å²) in [5.74, 6) is -1.94. The molecule has 1 N–H and O–H groups in total. The van der Waals surface area contributed by atoms with E-state index in [1.807, 2.05) is 17.5 Å². The van der Waals surface area contributed by atoms with Crippen molar-refractivity contribution in [2.75, 3.05) is 0 Å². The molecule has 1 saturated heterocycles. The van der Waals surface area contributed by atoms with Crippen molar-refractivity contribution in [3.8, 4) is 0 Å². The number of rotatable bonds is 8. The number of ketones is 1. The van der Waals surface area contributed by atoms with Crippen LogP contribution in [0.25, 0.3) is 0 Å². The zero-order valence-electron chi connectivity index (χ0n) is 17.8. The number of nitrogens with one attached hydrogen (secondary N) is 1. The van der Waals surface area contributed by atoms with Gasteiger partial charge < -0.3 is 15.0 Å². The van der Waals surface area contributed by atoms with Crippen molar-refractivity contribution in [1.29, 1.82) is 0 Å². The lowest BCUT2D eigenvalue weighted by atomic mass is 9.96. The quantitative estimate of drug-likeness (QED) is 0.252. The number of nitro benzene ring substituents is 1. The molecular weight excluding hydrogens is 482 g/mol. The molecule has 3 heterocycles. The summed E-state index contributed by atoms with van der Waals surface area (Å²) in [4.78, 5) is 62.7. The van der Waals surface area contributed by atoms with Gasteiger partial charge in [0.15, 0.2) is 11.8 Å². The molecule has 0 aliphatic carbocycles. The Morgan fingerprint density at radius 2 is 1.94 bits per heavy atom. The molecule has 2 aliphatic heterocycles. The summed E-state index contributed by atoms with van der Waals surface area (Å²) >= 11 is 2.63. The molecule has 1 aromatic heterocycles. The summed E-state index contributed by atoms with van der Waals surface area (Å²) in [6, 6.07) is 7.13. The van der Waals surface area contributed by atoms with E-state index >= 15 is 0 Å². The molecule has 2 unspecified atom stereocenters. The Hall–Kier alpha value is -3.51. The van der Waals surface area contributed by atoms with Crippen molar-refractivity contribution in [3.63, 3.8) is 0 Å². The lowest BCUT2D eigenvalue weighted by Gasteiger charge is -2.51. The number of carbonyl (C=O) groups excluding carboxylic acids is 4. The molecule has 34 heavy (non-hydrogen) atoms. The number of nitrogens with zero attached hydrogens (tertiary/aromatic N) is 2. The fourth-order valence-electron chi connectivity index (χ4n) is 3.65. The number of non-ortho nitro benzene ring substituents is 1. The van der Waals surface area contributed by atoms with Gasteiger partial charge in [-0.1, -0.05) is 6.07 Å². The van der Waals surface area contributed by atoms with Crippen LogP contribution in [0.1, 0.15) is 17.4 Å². The molecule has 10 nitrogen and oxygen atoms in total. The third kappa shape index (κ3) is 4.73. The van der Waals surface area contributed by atoms with E-state index in [9.17, 15) is 29.3 Å². The lowest BCUT2D eigenvalue weighted by Crippen LogP contribution is -2.74. The number of esters is 1. The van der Waals surface area contributed by atoms with E-state index in [-0.39, 0.29) is 36.0 Å². The first-order valence-electron chi connectivity index (χ1n) is 10.2. The van der Waals surface area contributed by atoms with E-state index in [4.69, 9.17) is 4.74 Å². The number of ether oxygens (including phenoxy) is 1. The van der Waals surface area contributed by atoms with Crippen molar-refractivity contribution in [2.24, 2.45) is 0 Å². The summed E-state index contributed by atoms with van der Waals surface area (Å²) < 4.78 is 5.34. The zero-order chi connectivity index (χ0) is 24.4. The summed E-state index contributed by atoms with van der Waals surface area (Å²) in [6.45, 7) is 1.12. The number of Topliss-reactive ketones (excluding diaryl/α,β-unsaturated/α-hetero) is 1. The first-order valence-corrected chi connectivity index (χ1v) is 12.0. The van der Waals surface area contributed by atoms with Gasteiger partial charge in [-0.05, 0) is 41.5 Å². The van der Waals surface area contributed by atoms with Crippen LogP contribution in [0.4, 0.5) is 5.69 Å². The number of thiophene rings is 1. The number of nitro groups is 1. The maximum Gasteiger partial charge on any atom is 0.334 e. The van der Waals surface area contributed by atoms with E-state index in [0.29, 0.717) is 5.56 Å². The Kier molecular flexibility index (Phi) is 6.80. The maximum absolute atomic E-state index is 12.9. The minimum Gasteiger partial charge on any atom is -0.459 e. The Labute approximate surface area is 202 Å². The smallest absolute Gasteiger partial charge is 0.334 e. The molecule has 2 amide bonds. The molecular formula is C22H19N3O7S2. The van der Waals surface area contributed by atoms with Crippen LogP contribution < -0.4 is 5.32 Å². The molecule has 0 radical (unpaired) electrons. The molecule has 1 aromatic carbocycles. The van der Waals surface area contributed by atoms with E-state index in [0.717, 1.165) is 4.88 Å². The Morgan fingerprint density at radius 3 is 2.56 bits per heavy atom. The van der Waals surface area contributed by atoms with Crippen LogP contribution in [0.15, 0.2) is 52.8 Å². The van der Waals surface area contributed by atoms with Crippen LogP contribution in [0.3, 0.4) is 0 Å². The number of hydrogen-bond donors (Lipinski definition) is 1. The average molecular weight is 502 g/mol. The molecule has 2 aliphatic rings. The first kappa shape index (κ1) is 23.6. The largest absolute Gasteiger partial charge is 0.459 e. The number of amides is 2.